The van der Waals surface area contributed by atoms with Gasteiger partial charge in [0.05, 0.1) is 22.3 Å². The van der Waals surface area contributed by atoms with E-state index in [0.717, 1.165) is 45.3 Å². The van der Waals surface area contributed by atoms with Crippen molar-refractivity contribution in [3.05, 3.63) is 58.9 Å². The number of imidazole rings is 1. The first-order chi connectivity index (χ1) is 14.1. The van der Waals surface area contributed by atoms with Crippen LogP contribution in [-0.4, -0.2) is 34.7 Å². The zero-order valence-corrected chi connectivity index (χ0v) is 20.5. The van der Waals surface area contributed by atoms with E-state index < -0.39 is 19.1 Å². The van der Waals surface area contributed by atoms with Crippen molar-refractivity contribution < 1.29 is 8.95 Å². The average molecular weight is 442 g/mol. The Morgan fingerprint density at radius 2 is 1.83 bits per heavy atom. The van der Waals surface area contributed by atoms with E-state index in [9.17, 15) is 4.21 Å². The minimum absolute atomic E-state index is 0.504. The summed E-state index contributed by atoms with van der Waals surface area (Å²) in [7, 11) is -2.51. The first-order valence-electron chi connectivity index (χ1n) is 10.2. The molecule has 0 aliphatic rings. The lowest BCUT2D eigenvalue weighted by atomic mass is 10.1. The van der Waals surface area contributed by atoms with Gasteiger partial charge in [-0.1, -0.05) is 43.4 Å². The van der Waals surface area contributed by atoms with Crippen molar-refractivity contribution >= 4 is 36.3 Å². The predicted octanol–water partition coefficient (Wildman–Crippen LogP) is 5.42. The summed E-state index contributed by atoms with van der Waals surface area (Å²) in [5.74, 6) is 0. The fraction of sp³-hybridized carbons (Fsp3) is 0.391. The fourth-order valence-corrected chi connectivity index (χ4v) is 5.16. The second kappa shape index (κ2) is 9.37. The summed E-state index contributed by atoms with van der Waals surface area (Å²) in [6.45, 7) is 14.3. The first-order valence-corrected chi connectivity index (χ1v) is 15.0. The Kier molecular flexibility index (Phi) is 7.05. The molecule has 0 saturated heterocycles. The van der Waals surface area contributed by atoms with Crippen molar-refractivity contribution in [2.24, 2.45) is 4.40 Å². The molecule has 1 aromatic heterocycles. The van der Waals surface area contributed by atoms with Gasteiger partial charge in [-0.3, -0.25) is 0 Å². The van der Waals surface area contributed by atoms with E-state index in [1.54, 1.807) is 12.5 Å². The molecule has 0 bridgehead atoms. The SMILES string of the molecule is Cc1cc(C)c(S(=O)/N=C/c2ccc3c(c2)ncn3COCC[Si](C)(C)C)c(C)c1. The van der Waals surface area contributed by atoms with Crippen LogP contribution in [0.1, 0.15) is 22.3 Å². The number of rotatable bonds is 8. The summed E-state index contributed by atoms with van der Waals surface area (Å²) in [6, 6.07) is 11.2. The molecule has 30 heavy (non-hydrogen) atoms. The molecular formula is C23H31N3O2SSi. The van der Waals surface area contributed by atoms with Crippen LogP contribution in [0.5, 0.6) is 0 Å². The molecule has 3 rings (SSSR count). The highest BCUT2D eigenvalue weighted by molar-refractivity contribution is 7.84. The molecule has 0 aliphatic carbocycles. The van der Waals surface area contributed by atoms with Gasteiger partial charge < -0.3 is 9.30 Å². The summed E-state index contributed by atoms with van der Waals surface area (Å²) in [5, 5.41) is 0. The minimum atomic E-state index is -1.43. The van der Waals surface area contributed by atoms with Gasteiger partial charge in [0.25, 0.3) is 0 Å². The quantitative estimate of drug-likeness (QED) is 0.267. The molecule has 1 unspecified atom stereocenters. The van der Waals surface area contributed by atoms with Gasteiger partial charge in [0.2, 0.25) is 0 Å². The zero-order valence-electron chi connectivity index (χ0n) is 18.7. The third-order valence-electron chi connectivity index (χ3n) is 4.95. The first kappa shape index (κ1) is 22.6. The molecule has 0 amide bonds. The molecule has 0 fully saturated rings. The third kappa shape index (κ3) is 5.74. The van der Waals surface area contributed by atoms with Crippen LogP contribution in [0.15, 0.2) is 46.0 Å². The van der Waals surface area contributed by atoms with E-state index in [-0.39, 0.29) is 0 Å². The van der Waals surface area contributed by atoms with E-state index in [4.69, 9.17) is 4.74 Å². The van der Waals surface area contributed by atoms with E-state index in [1.807, 2.05) is 55.7 Å². The maximum Gasteiger partial charge on any atom is 0.173 e. The van der Waals surface area contributed by atoms with Crippen LogP contribution in [-0.2, 0) is 22.5 Å². The molecule has 0 N–H and O–H groups in total. The maximum atomic E-state index is 12.7. The van der Waals surface area contributed by atoms with Crippen molar-refractivity contribution in [2.45, 2.75) is 58.1 Å². The molecule has 2 aromatic carbocycles. The Bertz CT molecular complexity index is 1080. The predicted molar refractivity (Wildman–Crippen MR) is 128 cm³/mol. The number of nitrogens with zero attached hydrogens (tertiary/aromatic N) is 3. The second-order valence-corrected chi connectivity index (χ2v) is 15.8. The van der Waals surface area contributed by atoms with Crippen LogP contribution < -0.4 is 0 Å². The number of benzene rings is 2. The summed E-state index contributed by atoms with van der Waals surface area (Å²) >= 11 is 0. The Morgan fingerprint density at radius 1 is 1.13 bits per heavy atom. The van der Waals surface area contributed by atoms with E-state index in [0.29, 0.717) is 6.73 Å². The van der Waals surface area contributed by atoms with Crippen molar-refractivity contribution in [3.8, 4) is 0 Å². The molecule has 0 spiro atoms. The highest BCUT2D eigenvalue weighted by atomic mass is 32.2. The number of aryl methyl sites for hydroxylation is 3. The number of fused-ring (bicyclic) bond motifs is 1. The van der Waals surface area contributed by atoms with Crippen LogP contribution in [0.3, 0.4) is 0 Å². The van der Waals surface area contributed by atoms with Crippen LogP contribution in [0.25, 0.3) is 11.0 Å². The van der Waals surface area contributed by atoms with Crippen molar-refractivity contribution in [1.29, 1.82) is 0 Å². The molecule has 3 aromatic rings. The molecule has 0 radical (unpaired) electrons. The summed E-state index contributed by atoms with van der Waals surface area (Å²) < 4.78 is 24.9. The molecule has 5 nitrogen and oxygen atoms in total. The van der Waals surface area contributed by atoms with Gasteiger partial charge in [0, 0.05) is 20.9 Å². The molecule has 160 valence electrons. The number of ether oxygens (including phenoxy) is 1. The smallest absolute Gasteiger partial charge is 0.173 e. The van der Waals surface area contributed by atoms with E-state index in [1.165, 1.54) is 5.56 Å². The minimum Gasteiger partial charge on any atom is -0.361 e. The van der Waals surface area contributed by atoms with Crippen molar-refractivity contribution in [1.82, 2.24) is 9.55 Å². The topological polar surface area (TPSA) is 56.5 Å². The lowest BCUT2D eigenvalue weighted by molar-refractivity contribution is 0.0898. The normalized spacial score (nSPS) is 13.4. The Labute approximate surface area is 182 Å². The number of aromatic nitrogens is 2. The summed E-state index contributed by atoms with van der Waals surface area (Å²) in [6.07, 6.45) is 3.47. The van der Waals surface area contributed by atoms with Crippen LogP contribution in [0.2, 0.25) is 25.7 Å². The highest BCUT2D eigenvalue weighted by Crippen LogP contribution is 2.21. The van der Waals surface area contributed by atoms with Gasteiger partial charge in [-0.2, -0.15) is 4.40 Å². The molecule has 1 atom stereocenters. The third-order valence-corrected chi connectivity index (χ3v) is 7.94. The van der Waals surface area contributed by atoms with Gasteiger partial charge in [-0.15, -0.1) is 0 Å². The van der Waals surface area contributed by atoms with Gasteiger partial charge >= 0.3 is 0 Å². The lowest BCUT2D eigenvalue weighted by Gasteiger charge is -2.15. The molecular weight excluding hydrogens is 410 g/mol. The Morgan fingerprint density at radius 3 is 2.50 bits per heavy atom. The number of hydrogen-bond acceptors (Lipinski definition) is 3. The molecule has 1 heterocycles. The number of hydrogen-bond donors (Lipinski definition) is 0. The molecule has 0 aliphatic heterocycles. The largest absolute Gasteiger partial charge is 0.361 e. The van der Waals surface area contributed by atoms with E-state index in [2.05, 4.69) is 29.0 Å². The van der Waals surface area contributed by atoms with Crippen LogP contribution >= 0.6 is 0 Å². The van der Waals surface area contributed by atoms with Crippen LogP contribution in [0, 0.1) is 20.8 Å². The monoisotopic (exact) mass is 441 g/mol. The van der Waals surface area contributed by atoms with E-state index >= 15 is 0 Å². The van der Waals surface area contributed by atoms with Gasteiger partial charge in [0.15, 0.2) is 11.0 Å². The molecule has 7 heteroatoms. The maximum absolute atomic E-state index is 12.7. The fourth-order valence-electron chi connectivity index (χ4n) is 3.41. The van der Waals surface area contributed by atoms with Crippen molar-refractivity contribution in [3.63, 3.8) is 0 Å². The summed E-state index contributed by atoms with van der Waals surface area (Å²) in [5.41, 5.74) is 5.95. The zero-order chi connectivity index (χ0) is 21.9. The lowest BCUT2D eigenvalue weighted by Crippen LogP contribution is -2.21. The second-order valence-electron chi connectivity index (χ2n) is 9.02. The van der Waals surface area contributed by atoms with Crippen LogP contribution in [0.4, 0.5) is 0 Å². The summed E-state index contributed by atoms with van der Waals surface area (Å²) in [4.78, 5) is 5.27. The standard InChI is InChI=1S/C23H31N3O2SSi/c1-17-11-18(2)23(19(3)12-17)29(27)25-14-20-7-8-22-21(13-20)24-15-26(22)16-28-9-10-30(4,5)6/h7-8,11-15H,9-10,16H2,1-6H3/b25-14+. The van der Waals surface area contributed by atoms with Gasteiger partial charge in [-0.05, 0) is 55.6 Å². The van der Waals surface area contributed by atoms with Crippen molar-refractivity contribution in [2.75, 3.05) is 6.61 Å². The average Bonchev–Trinajstić information content (AvgIpc) is 3.04. The van der Waals surface area contributed by atoms with Gasteiger partial charge in [0.1, 0.15) is 6.73 Å². The molecule has 0 saturated carbocycles. The van der Waals surface area contributed by atoms with Gasteiger partial charge in [-0.25, -0.2) is 9.19 Å². The Hall–Kier alpha value is -2.09. The highest BCUT2D eigenvalue weighted by Gasteiger charge is 2.13. The Balaban J connectivity index is 1.70.